The lowest BCUT2D eigenvalue weighted by atomic mass is 9.92. The molecule has 188 valence electrons. The summed E-state index contributed by atoms with van der Waals surface area (Å²) in [6.45, 7) is 7.08. The SMILES string of the molecule is C[C@H]1CN(CC2CCN(c3cccc4c(C5CCC(=O)NC5=O)nn(C)c34)CC2)CCN1C(=O)O. The fourth-order valence-corrected chi connectivity index (χ4v) is 6.02. The van der Waals surface area contributed by atoms with Gasteiger partial charge >= 0.3 is 6.09 Å². The van der Waals surface area contributed by atoms with Gasteiger partial charge in [-0.2, -0.15) is 5.10 Å². The minimum absolute atomic E-state index is 0.0299. The van der Waals surface area contributed by atoms with Crippen LogP contribution in [0.3, 0.4) is 0 Å². The van der Waals surface area contributed by atoms with Gasteiger partial charge in [0.15, 0.2) is 0 Å². The molecule has 2 atom stereocenters. The van der Waals surface area contributed by atoms with Gasteiger partial charge in [-0.1, -0.05) is 12.1 Å². The minimum Gasteiger partial charge on any atom is -0.465 e. The maximum absolute atomic E-state index is 12.5. The third kappa shape index (κ3) is 4.59. The van der Waals surface area contributed by atoms with Crippen molar-refractivity contribution in [2.75, 3.05) is 44.2 Å². The van der Waals surface area contributed by atoms with Crippen molar-refractivity contribution >= 4 is 34.5 Å². The molecule has 10 nitrogen and oxygen atoms in total. The molecule has 10 heteroatoms. The fraction of sp³-hybridized carbons (Fsp3) is 0.600. The first-order chi connectivity index (χ1) is 16.8. The molecular weight excluding hydrogens is 448 g/mol. The second-order valence-corrected chi connectivity index (χ2v) is 10.2. The molecular formula is C25H34N6O4. The number of carboxylic acid groups (broad SMARTS) is 1. The lowest BCUT2D eigenvalue weighted by molar-refractivity contribution is -0.134. The normalized spacial score (nSPS) is 24.7. The number of fused-ring (bicyclic) bond motifs is 1. The Morgan fingerprint density at radius 1 is 1.14 bits per heavy atom. The summed E-state index contributed by atoms with van der Waals surface area (Å²) in [5.74, 6) is -0.278. The molecule has 0 radical (unpaired) electrons. The van der Waals surface area contributed by atoms with E-state index in [0.717, 1.165) is 67.8 Å². The number of carbonyl (C=O) groups excluding carboxylic acids is 2. The van der Waals surface area contributed by atoms with Crippen molar-refractivity contribution in [2.45, 2.75) is 44.6 Å². The van der Waals surface area contributed by atoms with Crippen LogP contribution in [0.15, 0.2) is 18.2 Å². The largest absolute Gasteiger partial charge is 0.465 e. The summed E-state index contributed by atoms with van der Waals surface area (Å²) < 4.78 is 1.87. The highest BCUT2D eigenvalue weighted by Crippen LogP contribution is 2.36. The van der Waals surface area contributed by atoms with Gasteiger partial charge < -0.3 is 14.9 Å². The number of nitrogens with zero attached hydrogens (tertiary/aromatic N) is 5. The predicted octanol–water partition coefficient (Wildman–Crippen LogP) is 1.99. The van der Waals surface area contributed by atoms with Crippen LogP contribution in [0.2, 0.25) is 0 Å². The predicted molar refractivity (Wildman–Crippen MR) is 131 cm³/mol. The number of anilines is 1. The van der Waals surface area contributed by atoms with E-state index in [4.69, 9.17) is 5.10 Å². The third-order valence-corrected chi connectivity index (χ3v) is 7.87. The van der Waals surface area contributed by atoms with Gasteiger partial charge in [-0.05, 0) is 38.2 Å². The van der Waals surface area contributed by atoms with Crippen LogP contribution in [0.1, 0.15) is 44.2 Å². The van der Waals surface area contributed by atoms with E-state index in [1.165, 1.54) is 4.90 Å². The number of piperidine rings is 2. The van der Waals surface area contributed by atoms with Crippen molar-refractivity contribution < 1.29 is 19.5 Å². The number of amides is 3. The highest BCUT2D eigenvalue weighted by atomic mass is 16.4. The quantitative estimate of drug-likeness (QED) is 0.641. The number of nitrogens with one attached hydrogen (secondary N) is 1. The number of rotatable bonds is 4. The number of hydrogen-bond acceptors (Lipinski definition) is 6. The molecule has 0 spiro atoms. The zero-order valence-electron chi connectivity index (χ0n) is 20.4. The Kier molecular flexibility index (Phi) is 6.39. The highest BCUT2D eigenvalue weighted by Gasteiger charge is 2.33. The number of aromatic nitrogens is 2. The molecule has 2 N–H and O–H groups in total. The Morgan fingerprint density at radius 2 is 1.91 bits per heavy atom. The van der Waals surface area contributed by atoms with Gasteiger partial charge in [0.2, 0.25) is 11.8 Å². The van der Waals surface area contributed by atoms with Crippen LogP contribution < -0.4 is 10.2 Å². The number of aryl methyl sites for hydroxylation is 1. The lowest BCUT2D eigenvalue weighted by Gasteiger charge is -2.41. The van der Waals surface area contributed by atoms with Crippen LogP contribution >= 0.6 is 0 Å². The summed E-state index contributed by atoms with van der Waals surface area (Å²) in [7, 11) is 1.92. The van der Waals surface area contributed by atoms with E-state index in [-0.39, 0.29) is 17.9 Å². The number of benzene rings is 1. The first kappa shape index (κ1) is 23.6. The van der Waals surface area contributed by atoms with Crippen LogP contribution in [0.4, 0.5) is 10.5 Å². The van der Waals surface area contributed by atoms with Crippen LogP contribution in [0.5, 0.6) is 0 Å². The van der Waals surface area contributed by atoms with E-state index >= 15 is 0 Å². The molecule has 5 rings (SSSR count). The number of carbonyl (C=O) groups is 3. The molecule has 0 bridgehead atoms. The summed E-state index contributed by atoms with van der Waals surface area (Å²) in [5.41, 5.74) is 2.92. The minimum atomic E-state index is -0.824. The molecule has 4 heterocycles. The Hall–Kier alpha value is -3.14. The molecule has 0 saturated carbocycles. The average Bonchev–Trinajstić information content (AvgIpc) is 3.16. The third-order valence-electron chi connectivity index (χ3n) is 7.87. The first-order valence-corrected chi connectivity index (χ1v) is 12.6. The van der Waals surface area contributed by atoms with Gasteiger partial charge in [0, 0.05) is 64.2 Å². The summed E-state index contributed by atoms with van der Waals surface area (Å²) in [6.07, 6.45) is 2.18. The van der Waals surface area contributed by atoms with E-state index in [2.05, 4.69) is 21.2 Å². The van der Waals surface area contributed by atoms with Gasteiger partial charge in [-0.15, -0.1) is 0 Å². The molecule has 1 unspecified atom stereocenters. The molecule has 3 fully saturated rings. The Balaban J connectivity index is 1.26. The second kappa shape index (κ2) is 9.49. The monoisotopic (exact) mass is 482 g/mol. The topological polar surface area (TPSA) is 111 Å². The smallest absolute Gasteiger partial charge is 0.407 e. The summed E-state index contributed by atoms with van der Waals surface area (Å²) in [6, 6.07) is 6.22. The zero-order chi connectivity index (χ0) is 24.7. The Labute approximate surface area is 204 Å². The molecule has 3 aliphatic rings. The van der Waals surface area contributed by atoms with E-state index in [9.17, 15) is 19.5 Å². The summed E-state index contributed by atoms with van der Waals surface area (Å²) in [4.78, 5) is 41.8. The molecule has 1 aromatic carbocycles. The summed E-state index contributed by atoms with van der Waals surface area (Å²) in [5, 5.41) is 17.5. The van der Waals surface area contributed by atoms with Gasteiger partial charge in [-0.25, -0.2) is 4.79 Å². The van der Waals surface area contributed by atoms with Crippen molar-refractivity contribution in [1.29, 1.82) is 0 Å². The highest BCUT2D eigenvalue weighted by molar-refractivity contribution is 6.03. The van der Waals surface area contributed by atoms with E-state index in [1.54, 1.807) is 0 Å². The van der Waals surface area contributed by atoms with Crippen LogP contribution in [0, 0.1) is 5.92 Å². The average molecular weight is 483 g/mol. The van der Waals surface area contributed by atoms with Gasteiger partial charge in [0.05, 0.1) is 22.8 Å². The standard InChI is InChI=1S/C25H34N6O4/c1-16-14-29(12-13-31(16)25(34)35)15-17-8-10-30(11-9-17)20-5-3-4-18-22(27-28(2)23(18)20)19-6-7-21(32)26-24(19)33/h3-5,16-17,19H,6-15H2,1-2H3,(H,34,35)(H,26,32,33)/t16-,19?/m0/s1. The Bertz CT molecular complexity index is 1140. The number of piperazine rings is 1. The molecule has 1 aromatic heterocycles. The van der Waals surface area contributed by atoms with E-state index < -0.39 is 12.0 Å². The molecule has 3 saturated heterocycles. The molecule has 2 aromatic rings. The molecule has 3 aliphatic heterocycles. The lowest BCUT2D eigenvalue weighted by Crippen LogP contribution is -2.54. The maximum atomic E-state index is 12.5. The van der Waals surface area contributed by atoms with Gasteiger partial charge in [0.25, 0.3) is 0 Å². The number of hydrogen-bond donors (Lipinski definition) is 2. The van der Waals surface area contributed by atoms with Crippen LogP contribution in [0.25, 0.3) is 10.9 Å². The van der Waals surface area contributed by atoms with Crippen molar-refractivity contribution in [1.82, 2.24) is 24.9 Å². The first-order valence-electron chi connectivity index (χ1n) is 12.6. The van der Waals surface area contributed by atoms with Gasteiger partial charge in [-0.3, -0.25) is 24.5 Å². The zero-order valence-corrected chi connectivity index (χ0v) is 20.4. The van der Waals surface area contributed by atoms with Crippen molar-refractivity contribution in [3.05, 3.63) is 23.9 Å². The molecule has 0 aliphatic carbocycles. The number of para-hydroxylation sites is 1. The van der Waals surface area contributed by atoms with Crippen molar-refractivity contribution in [3.63, 3.8) is 0 Å². The second-order valence-electron chi connectivity index (χ2n) is 10.2. The van der Waals surface area contributed by atoms with Crippen molar-refractivity contribution in [2.24, 2.45) is 13.0 Å². The van der Waals surface area contributed by atoms with E-state index in [1.807, 2.05) is 30.8 Å². The van der Waals surface area contributed by atoms with Crippen LogP contribution in [-0.2, 0) is 16.6 Å². The van der Waals surface area contributed by atoms with Crippen LogP contribution in [-0.4, -0.2) is 87.9 Å². The molecule has 35 heavy (non-hydrogen) atoms. The number of imide groups is 1. The van der Waals surface area contributed by atoms with Crippen molar-refractivity contribution in [3.8, 4) is 0 Å². The maximum Gasteiger partial charge on any atom is 0.407 e. The summed E-state index contributed by atoms with van der Waals surface area (Å²) >= 11 is 0. The Morgan fingerprint density at radius 3 is 2.60 bits per heavy atom. The van der Waals surface area contributed by atoms with Gasteiger partial charge in [0.1, 0.15) is 0 Å². The fourth-order valence-electron chi connectivity index (χ4n) is 6.02. The molecule has 3 amide bonds. The van der Waals surface area contributed by atoms with E-state index in [0.29, 0.717) is 25.3 Å².